The number of benzene rings is 1. The molecule has 4 nitrogen and oxygen atoms in total. The minimum Gasteiger partial charge on any atom is -0.467 e. The Balaban J connectivity index is 2.61. The third-order valence-corrected chi connectivity index (χ3v) is 3.42. The van der Waals surface area contributed by atoms with Gasteiger partial charge in [0.15, 0.2) is 0 Å². The number of carbonyl (C=O) groups excluding carboxylic acids is 2. The van der Waals surface area contributed by atoms with Gasteiger partial charge in [-0.3, -0.25) is 4.79 Å². The van der Waals surface area contributed by atoms with Gasteiger partial charge in [-0.1, -0.05) is 18.2 Å². The van der Waals surface area contributed by atoms with E-state index in [1.54, 1.807) is 30.2 Å². The highest BCUT2D eigenvalue weighted by Crippen LogP contribution is 2.40. The molecule has 0 radical (unpaired) electrons. The summed E-state index contributed by atoms with van der Waals surface area (Å²) in [6.07, 6.45) is 1.79. The van der Waals surface area contributed by atoms with E-state index in [2.05, 4.69) is 6.58 Å². The summed E-state index contributed by atoms with van der Waals surface area (Å²) in [6, 6.07) is 7.17. The van der Waals surface area contributed by atoms with Gasteiger partial charge in [0.2, 0.25) is 11.3 Å². The molecule has 1 aromatic carbocycles. The number of rotatable bonds is 3. The first-order valence-corrected chi connectivity index (χ1v) is 5.66. The van der Waals surface area contributed by atoms with E-state index < -0.39 is 11.5 Å². The van der Waals surface area contributed by atoms with Crippen LogP contribution in [0.15, 0.2) is 36.9 Å². The molecule has 1 aromatic rings. The predicted octanol–water partition coefficient (Wildman–Crippen LogP) is 1.81. The molecular weight excluding hydrogens is 230 g/mol. The van der Waals surface area contributed by atoms with Crippen LogP contribution in [0.3, 0.4) is 0 Å². The number of nitrogens with zero attached hydrogens (tertiary/aromatic N) is 1. The Bertz CT molecular complexity index is 524. The highest BCUT2D eigenvalue weighted by molar-refractivity contribution is 6.25. The lowest BCUT2D eigenvalue weighted by Crippen LogP contribution is -2.55. The Hall–Kier alpha value is -2.10. The second kappa shape index (κ2) is 4.29. The normalized spacial score (nSPS) is 21.7. The minimum atomic E-state index is -1.31. The van der Waals surface area contributed by atoms with Crippen molar-refractivity contribution in [3.05, 3.63) is 42.5 Å². The monoisotopic (exact) mass is 245 g/mol. The van der Waals surface area contributed by atoms with E-state index in [0.717, 1.165) is 5.69 Å². The number of hydrogen-bond donors (Lipinski definition) is 0. The zero-order valence-corrected chi connectivity index (χ0v) is 10.5. The third kappa shape index (κ3) is 1.38. The molecule has 0 aromatic heterocycles. The number of carbonyl (C=O) groups is 2. The molecule has 2 rings (SSSR count). The molecule has 1 atom stereocenters. The van der Waals surface area contributed by atoms with Crippen LogP contribution in [0.1, 0.15) is 16.8 Å². The summed E-state index contributed by atoms with van der Waals surface area (Å²) in [4.78, 5) is 26.3. The molecule has 1 aliphatic rings. The van der Waals surface area contributed by atoms with Crippen molar-refractivity contribution in [1.82, 2.24) is 0 Å². The minimum absolute atomic E-state index is 0.226. The molecule has 0 bridgehead atoms. The van der Waals surface area contributed by atoms with E-state index in [9.17, 15) is 9.59 Å². The number of ether oxygens (including phenoxy) is 1. The van der Waals surface area contributed by atoms with Crippen molar-refractivity contribution in [3.8, 4) is 0 Å². The summed E-state index contributed by atoms with van der Waals surface area (Å²) in [5, 5.41) is 0. The fraction of sp³-hybridized carbons (Fsp3) is 0.286. The number of methoxy groups -OCH3 is 1. The van der Waals surface area contributed by atoms with Gasteiger partial charge in [0.1, 0.15) is 0 Å². The van der Waals surface area contributed by atoms with E-state index in [1.165, 1.54) is 7.11 Å². The number of anilines is 1. The van der Waals surface area contributed by atoms with Crippen LogP contribution in [0.2, 0.25) is 0 Å². The van der Waals surface area contributed by atoms with Crippen LogP contribution in [0.5, 0.6) is 0 Å². The van der Waals surface area contributed by atoms with E-state index >= 15 is 0 Å². The maximum atomic E-state index is 12.5. The van der Waals surface area contributed by atoms with Crippen molar-refractivity contribution in [2.24, 2.45) is 0 Å². The fourth-order valence-electron chi connectivity index (χ4n) is 2.46. The number of Topliss-reactive ketones (excluding diaryl/α,β-unsaturated/α-hetero) is 1. The van der Waals surface area contributed by atoms with Crippen LogP contribution >= 0.6 is 0 Å². The van der Waals surface area contributed by atoms with E-state index in [4.69, 9.17) is 4.74 Å². The molecular formula is C14H15NO3. The average molecular weight is 245 g/mol. The number of fused-ring (bicyclic) bond motifs is 1. The largest absolute Gasteiger partial charge is 0.467 e. The van der Waals surface area contributed by atoms with Crippen molar-refractivity contribution in [2.45, 2.75) is 12.0 Å². The van der Waals surface area contributed by atoms with Crippen LogP contribution in [0.25, 0.3) is 0 Å². The molecule has 1 heterocycles. The van der Waals surface area contributed by atoms with E-state index in [0.29, 0.717) is 5.56 Å². The lowest BCUT2D eigenvalue weighted by Gasteiger charge is -2.32. The van der Waals surface area contributed by atoms with Crippen molar-refractivity contribution >= 4 is 17.4 Å². The Morgan fingerprint density at radius 3 is 2.72 bits per heavy atom. The van der Waals surface area contributed by atoms with E-state index in [-0.39, 0.29) is 12.2 Å². The lowest BCUT2D eigenvalue weighted by atomic mass is 9.89. The topological polar surface area (TPSA) is 46.6 Å². The summed E-state index contributed by atoms with van der Waals surface area (Å²) in [7, 11) is 3.02. The summed E-state index contributed by atoms with van der Waals surface area (Å²) >= 11 is 0. The predicted molar refractivity (Wildman–Crippen MR) is 68.7 cm³/mol. The molecule has 1 unspecified atom stereocenters. The SMILES string of the molecule is C=CCC1(C(=O)OC)C(=O)c2ccccc2N1C. The van der Waals surface area contributed by atoms with Crippen LogP contribution in [-0.4, -0.2) is 31.4 Å². The molecule has 18 heavy (non-hydrogen) atoms. The Morgan fingerprint density at radius 1 is 1.50 bits per heavy atom. The van der Waals surface area contributed by atoms with Gasteiger partial charge in [-0.05, 0) is 12.1 Å². The first kappa shape index (κ1) is 12.4. The third-order valence-electron chi connectivity index (χ3n) is 3.42. The summed E-state index contributed by atoms with van der Waals surface area (Å²) in [6.45, 7) is 3.63. The smallest absolute Gasteiger partial charge is 0.340 e. The maximum Gasteiger partial charge on any atom is 0.340 e. The van der Waals surface area contributed by atoms with Gasteiger partial charge in [-0.2, -0.15) is 0 Å². The van der Waals surface area contributed by atoms with Gasteiger partial charge >= 0.3 is 5.97 Å². The van der Waals surface area contributed by atoms with Gasteiger partial charge in [-0.15, -0.1) is 6.58 Å². The standard InChI is InChI=1S/C14H15NO3/c1-4-9-14(13(17)18-3)12(16)10-7-5-6-8-11(10)15(14)2/h4-8H,1,9H2,2-3H3. The van der Waals surface area contributed by atoms with Gasteiger partial charge in [0.25, 0.3) is 0 Å². The average Bonchev–Trinajstić information content (AvgIpc) is 2.62. The molecule has 0 saturated carbocycles. The number of ketones is 1. The van der Waals surface area contributed by atoms with Gasteiger partial charge < -0.3 is 9.64 Å². The molecule has 94 valence electrons. The van der Waals surface area contributed by atoms with Gasteiger partial charge in [0.05, 0.1) is 7.11 Å². The molecule has 0 fully saturated rings. The van der Waals surface area contributed by atoms with Gasteiger partial charge in [-0.25, -0.2) is 4.79 Å². The zero-order valence-electron chi connectivity index (χ0n) is 10.5. The summed E-state index contributed by atoms with van der Waals surface area (Å²) in [5.74, 6) is -0.779. The Morgan fingerprint density at radius 2 is 2.17 bits per heavy atom. The van der Waals surface area contributed by atoms with Crippen molar-refractivity contribution in [1.29, 1.82) is 0 Å². The quantitative estimate of drug-likeness (QED) is 0.463. The van der Waals surface area contributed by atoms with Crippen LogP contribution < -0.4 is 4.90 Å². The summed E-state index contributed by atoms with van der Waals surface area (Å²) < 4.78 is 4.81. The number of para-hydroxylation sites is 1. The van der Waals surface area contributed by atoms with E-state index in [1.807, 2.05) is 12.1 Å². The van der Waals surface area contributed by atoms with Crippen molar-refractivity contribution in [3.63, 3.8) is 0 Å². The highest BCUT2D eigenvalue weighted by atomic mass is 16.5. The first-order chi connectivity index (χ1) is 8.59. The number of esters is 1. The van der Waals surface area contributed by atoms with Crippen LogP contribution in [-0.2, 0) is 9.53 Å². The summed E-state index contributed by atoms with van der Waals surface area (Å²) in [5.41, 5.74) is -0.0119. The molecule has 1 aliphatic heterocycles. The highest BCUT2D eigenvalue weighted by Gasteiger charge is 2.55. The number of likely N-dealkylation sites (N-methyl/N-ethyl adjacent to an activating group) is 1. The second-order valence-corrected chi connectivity index (χ2v) is 4.25. The van der Waals surface area contributed by atoms with Gasteiger partial charge in [0, 0.05) is 24.7 Å². The maximum absolute atomic E-state index is 12.5. The number of hydrogen-bond acceptors (Lipinski definition) is 4. The molecule has 0 amide bonds. The van der Waals surface area contributed by atoms with Crippen molar-refractivity contribution in [2.75, 3.05) is 19.1 Å². The first-order valence-electron chi connectivity index (χ1n) is 5.66. The lowest BCUT2D eigenvalue weighted by molar-refractivity contribution is -0.144. The van der Waals surface area contributed by atoms with Crippen molar-refractivity contribution < 1.29 is 14.3 Å². The molecule has 0 N–H and O–H groups in total. The second-order valence-electron chi connectivity index (χ2n) is 4.25. The molecule has 4 heteroatoms. The molecule has 0 aliphatic carbocycles. The molecule has 0 saturated heterocycles. The Kier molecular flexibility index (Phi) is 2.95. The van der Waals surface area contributed by atoms with Crippen LogP contribution in [0, 0.1) is 0 Å². The van der Waals surface area contributed by atoms with Crippen LogP contribution in [0.4, 0.5) is 5.69 Å². The Labute approximate surface area is 106 Å². The fourth-order valence-corrected chi connectivity index (χ4v) is 2.46. The molecule has 0 spiro atoms. The zero-order chi connectivity index (χ0) is 13.3.